The number of nitrogens with one attached hydrogen (secondary N) is 2. The van der Waals surface area contributed by atoms with Crippen LogP contribution in [0.4, 0.5) is 10.5 Å². The normalized spacial score (nSPS) is 21.4. The quantitative estimate of drug-likeness (QED) is 0.770. The molecule has 2 unspecified atom stereocenters. The minimum absolute atomic E-state index is 0.110. The van der Waals surface area contributed by atoms with Gasteiger partial charge >= 0.3 is 6.03 Å². The molecule has 2 N–H and O–H groups in total. The first-order valence-corrected chi connectivity index (χ1v) is 10.4. The van der Waals surface area contributed by atoms with E-state index in [0.29, 0.717) is 23.7 Å². The van der Waals surface area contributed by atoms with Crippen molar-refractivity contribution in [2.75, 3.05) is 18.4 Å². The van der Waals surface area contributed by atoms with Crippen LogP contribution < -0.4 is 10.6 Å². The second kappa shape index (κ2) is 8.85. The summed E-state index contributed by atoms with van der Waals surface area (Å²) in [5, 5.41) is 6.63. The number of hydrogen-bond acceptors (Lipinski definition) is 4. The third kappa shape index (κ3) is 4.32. The van der Waals surface area contributed by atoms with E-state index >= 15 is 0 Å². The predicted molar refractivity (Wildman–Crippen MR) is 114 cm³/mol. The van der Waals surface area contributed by atoms with Crippen molar-refractivity contribution in [2.45, 2.75) is 31.5 Å². The van der Waals surface area contributed by atoms with Gasteiger partial charge < -0.3 is 15.5 Å². The Bertz CT molecular complexity index is 935. The van der Waals surface area contributed by atoms with Crippen molar-refractivity contribution in [3.05, 3.63) is 65.2 Å². The molecule has 8 heteroatoms. The monoisotopic (exact) mass is 426 g/mol. The highest BCUT2D eigenvalue weighted by Gasteiger charge is 2.47. The Morgan fingerprint density at radius 2 is 1.83 bits per heavy atom. The molecular weight excluding hydrogens is 404 g/mol. The zero-order valence-electron chi connectivity index (χ0n) is 16.4. The number of anilines is 1. The topological polar surface area (TPSA) is 81.8 Å². The molecule has 0 saturated carbocycles. The van der Waals surface area contributed by atoms with Crippen molar-refractivity contribution in [1.29, 1.82) is 0 Å². The number of nitrogens with zero attached hydrogens (tertiary/aromatic N) is 2. The zero-order valence-corrected chi connectivity index (χ0v) is 17.1. The molecule has 7 nitrogen and oxygen atoms in total. The summed E-state index contributed by atoms with van der Waals surface area (Å²) in [5.74, 6) is -0.543. The Labute approximate surface area is 180 Å². The number of rotatable bonds is 5. The Morgan fingerprint density at radius 3 is 2.57 bits per heavy atom. The lowest BCUT2D eigenvalue weighted by atomic mass is 9.93. The number of halogens is 1. The lowest BCUT2D eigenvalue weighted by Gasteiger charge is -2.46. The van der Waals surface area contributed by atoms with Crippen LogP contribution in [-0.2, 0) is 16.1 Å². The molecule has 0 aliphatic carbocycles. The van der Waals surface area contributed by atoms with E-state index in [0.717, 1.165) is 12.0 Å². The number of fused-ring (bicyclic) bond motifs is 1. The lowest BCUT2D eigenvalue weighted by molar-refractivity contribution is -0.138. The molecule has 2 aliphatic rings. The Hall–Kier alpha value is -2.90. The number of carbonyl (C=O) groups excluding carboxylic acids is 3. The number of hydrogen-bond donors (Lipinski definition) is 2. The second-order valence-corrected chi connectivity index (χ2v) is 7.95. The molecule has 2 aromatic carbocycles. The average Bonchev–Trinajstić information content (AvgIpc) is 2.76. The standard InChI is InChI=1S/C22H23ClN4O3/c23-16-10-8-15(9-11-16)13-27-21(29)20-18(7-4-12-24-20)26(22(27)30)14-19(28)25-17-5-2-1-3-6-17/h1-3,5-6,8-11,18,20,24H,4,7,12-14H2,(H,25,28). The summed E-state index contributed by atoms with van der Waals surface area (Å²) in [6.45, 7) is 0.734. The van der Waals surface area contributed by atoms with Gasteiger partial charge in [0, 0.05) is 10.7 Å². The number of carbonyl (C=O) groups is 3. The molecule has 0 bridgehead atoms. The molecular formula is C22H23ClN4O3. The van der Waals surface area contributed by atoms with Crippen molar-refractivity contribution in [3.8, 4) is 0 Å². The minimum Gasteiger partial charge on any atom is -0.325 e. The fourth-order valence-electron chi connectivity index (χ4n) is 4.00. The predicted octanol–water partition coefficient (Wildman–Crippen LogP) is 2.86. The smallest absolute Gasteiger partial charge is 0.325 e. The van der Waals surface area contributed by atoms with Crippen LogP contribution >= 0.6 is 11.6 Å². The SMILES string of the molecule is O=C(CN1C(=O)N(Cc2ccc(Cl)cc2)C(=O)C2NCCCC21)Nc1ccccc1. The number of amides is 4. The minimum atomic E-state index is -0.506. The van der Waals surface area contributed by atoms with Crippen LogP contribution in [0.3, 0.4) is 0 Å². The van der Waals surface area contributed by atoms with E-state index in [1.165, 1.54) is 9.80 Å². The van der Waals surface area contributed by atoms with Gasteiger partial charge in [0.05, 0.1) is 12.6 Å². The van der Waals surface area contributed by atoms with Crippen molar-refractivity contribution in [3.63, 3.8) is 0 Å². The zero-order chi connectivity index (χ0) is 21.1. The third-order valence-electron chi connectivity index (χ3n) is 5.46. The van der Waals surface area contributed by atoms with Gasteiger partial charge in [0.1, 0.15) is 12.6 Å². The van der Waals surface area contributed by atoms with Gasteiger partial charge in [0.25, 0.3) is 0 Å². The lowest BCUT2D eigenvalue weighted by Crippen LogP contribution is -2.70. The van der Waals surface area contributed by atoms with Gasteiger partial charge in [0.2, 0.25) is 11.8 Å². The summed E-state index contributed by atoms with van der Waals surface area (Å²) in [6.07, 6.45) is 1.53. The van der Waals surface area contributed by atoms with E-state index in [1.54, 1.807) is 36.4 Å². The van der Waals surface area contributed by atoms with Crippen LogP contribution in [0.25, 0.3) is 0 Å². The molecule has 156 valence electrons. The molecule has 0 spiro atoms. The number of piperidine rings is 1. The van der Waals surface area contributed by atoms with Crippen LogP contribution in [0.5, 0.6) is 0 Å². The van der Waals surface area contributed by atoms with Gasteiger partial charge in [-0.2, -0.15) is 0 Å². The third-order valence-corrected chi connectivity index (χ3v) is 5.71. The maximum atomic E-state index is 13.2. The maximum Gasteiger partial charge on any atom is 0.327 e. The molecule has 4 rings (SSSR count). The van der Waals surface area contributed by atoms with Gasteiger partial charge in [-0.3, -0.25) is 14.5 Å². The van der Waals surface area contributed by atoms with Crippen LogP contribution in [-0.4, -0.2) is 52.8 Å². The maximum absolute atomic E-state index is 13.2. The molecule has 2 aliphatic heterocycles. The first-order valence-electron chi connectivity index (χ1n) is 9.97. The van der Waals surface area contributed by atoms with E-state index in [4.69, 9.17) is 11.6 Å². The number of para-hydroxylation sites is 1. The summed E-state index contributed by atoms with van der Waals surface area (Å²) in [5.41, 5.74) is 1.46. The van der Waals surface area contributed by atoms with Crippen molar-refractivity contribution >= 4 is 35.1 Å². The van der Waals surface area contributed by atoms with Gasteiger partial charge in [-0.1, -0.05) is 41.9 Å². The molecule has 2 saturated heterocycles. The molecule has 2 fully saturated rings. The molecule has 2 aromatic rings. The van der Waals surface area contributed by atoms with E-state index in [2.05, 4.69) is 10.6 Å². The van der Waals surface area contributed by atoms with E-state index in [-0.39, 0.29) is 30.9 Å². The fraction of sp³-hybridized carbons (Fsp3) is 0.318. The van der Waals surface area contributed by atoms with Gasteiger partial charge in [-0.15, -0.1) is 0 Å². The molecule has 30 heavy (non-hydrogen) atoms. The van der Waals surface area contributed by atoms with E-state index in [1.807, 2.05) is 18.2 Å². The molecule has 4 amide bonds. The van der Waals surface area contributed by atoms with Gasteiger partial charge in [0.15, 0.2) is 0 Å². The van der Waals surface area contributed by atoms with Crippen molar-refractivity contribution in [2.24, 2.45) is 0 Å². The van der Waals surface area contributed by atoms with E-state index < -0.39 is 12.1 Å². The highest BCUT2D eigenvalue weighted by atomic mass is 35.5. The number of benzene rings is 2. The Balaban J connectivity index is 1.54. The van der Waals surface area contributed by atoms with Gasteiger partial charge in [-0.25, -0.2) is 4.79 Å². The van der Waals surface area contributed by atoms with E-state index in [9.17, 15) is 14.4 Å². The van der Waals surface area contributed by atoms with Crippen LogP contribution in [0.1, 0.15) is 18.4 Å². The van der Waals surface area contributed by atoms with Gasteiger partial charge in [-0.05, 0) is 49.2 Å². The molecule has 0 aromatic heterocycles. The summed E-state index contributed by atoms with van der Waals surface area (Å²) in [6, 6.07) is 14.8. The summed E-state index contributed by atoms with van der Waals surface area (Å²) >= 11 is 5.94. The largest absolute Gasteiger partial charge is 0.327 e. The molecule has 2 heterocycles. The Kier molecular flexibility index (Phi) is 6.01. The van der Waals surface area contributed by atoms with Crippen molar-refractivity contribution < 1.29 is 14.4 Å². The summed E-state index contributed by atoms with van der Waals surface area (Å²) in [7, 11) is 0. The summed E-state index contributed by atoms with van der Waals surface area (Å²) < 4.78 is 0. The fourth-order valence-corrected chi connectivity index (χ4v) is 4.12. The highest BCUT2D eigenvalue weighted by Crippen LogP contribution is 2.26. The Morgan fingerprint density at radius 1 is 1.10 bits per heavy atom. The summed E-state index contributed by atoms with van der Waals surface area (Å²) in [4.78, 5) is 41.7. The first kappa shape index (κ1) is 20.4. The van der Waals surface area contributed by atoms with Crippen LogP contribution in [0.15, 0.2) is 54.6 Å². The molecule has 2 atom stereocenters. The number of urea groups is 1. The number of imide groups is 1. The first-order chi connectivity index (χ1) is 14.5. The van der Waals surface area contributed by atoms with Crippen LogP contribution in [0, 0.1) is 0 Å². The second-order valence-electron chi connectivity index (χ2n) is 7.52. The van der Waals surface area contributed by atoms with Crippen molar-refractivity contribution in [1.82, 2.24) is 15.1 Å². The average molecular weight is 427 g/mol. The highest BCUT2D eigenvalue weighted by molar-refractivity contribution is 6.30. The molecule has 0 radical (unpaired) electrons. The van der Waals surface area contributed by atoms with Crippen LogP contribution in [0.2, 0.25) is 5.02 Å².